The van der Waals surface area contributed by atoms with Crippen molar-refractivity contribution in [3.63, 3.8) is 0 Å². The van der Waals surface area contributed by atoms with Crippen LogP contribution in [0.4, 0.5) is 0 Å². The van der Waals surface area contributed by atoms with Crippen LogP contribution in [0.25, 0.3) is 0 Å². The number of amides is 1. The summed E-state index contributed by atoms with van der Waals surface area (Å²) in [5, 5.41) is 11.5. The van der Waals surface area contributed by atoms with Crippen molar-refractivity contribution in [3.05, 3.63) is 0 Å². The van der Waals surface area contributed by atoms with Gasteiger partial charge in [-0.3, -0.25) is 4.79 Å². The van der Waals surface area contributed by atoms with Crippen molar-refractivity contribution in [2.24, 2.45) is 11.7 Å². The monoisotopic (exact) mass is 276 g/mol. The Kier molecular flexibility index (Phi) is 8.83. The second-order valence-corrected chi connectivity index (χ2v) is 6.01. The predicted octanol–water partition coefficient (Wildman–Crippen LogP) is 1.07. The molecule has 0 unspecified atom stereocenters. The van der Waals surface area contributed by atoms with E-state index in [1.165, 1.54) is 0 Å². The molecule has 0 aliphatic heterocycles. The van der Waals surface area contributed by atoms with E-state index in [-0.39, 0.29) is 5.91 Å². The average molecular weight is 276 g/mol. The summed E-state index contributed by atoms with van der Waals surface area (Å²) in [5.41, 5.74) is 5.71. The van der Waals surface area contributed by atoms with Crippen LogP contribution in [0.15, 0.2) is 0 Å². The molecule has 18 heavy (non-hydrogen) atoms. The lowest BCUT2D eigenvalue weighted by atomic mass is 10.0. The number of carbonyl (C=O) groups is 2. The van der Waals surface area contributed by atoms with Crippen LogP contribution in [0.1, 0.15) is 33.6 Å². The number of hydrogen-bond donors (Lipinski definition) is 3. The van der Waals surface area contributed by atoms with Crippen molar-refractivity contribution in [2.45, 2.75) is 45.7 Å². The summed E-state index contributed by atoms with van der Waals surface area (Å²) in [4.78, 5) is 22.7. The average Bonchev–Trinajstić information content (AvgIpc) is 2.26. The molecule has 4 N–H and O–H groups in total. The molecule has 6 heteroatoms. The first-order valence-corrected chi connectivity index (χ1v) is 7.40. The number of thioether (sulfide) groups is 1. The van der Waals surface area contributed by atoms with E-state index in [9.17, 15) is 9.59 Å². The lowest BCUT2D eigenvalue weighted by molar-refractivity contribution is -0.142. The van der Waals surface area contributed by atoms with E-state index in [2.05, 4.69) is 5.32 Å². The van der Waals surface area contributed by atoms with Gasteiger partial charge < -0.3 is 16.2 Å². The minimum absolute atomic E-state index is 0.310. The molecule has 0 fully saturated rings. The maximum absolute atomic E-state index is 11.7. The fourth-order valence-electron chi connectivity index (χ4n) is 1.50. The van der Waals surface area contributed by atoms with Crippen LogP contribution in [0.5, 0.6) is 0 Å². The van der Waals surface area contributed by atoms with Gasteiger partial charge in [-0.1, -0.05) is 20.8 Å². The normalized spacial score (nSPS) is 14.3. The van der Waals surface area contributed by atoms with Crippen molar-refractivity contribution in [1.82, 2.24) is 5.32 Å². The van der Waals surface area contributed by atoms with E-state index in [4.69, 9.17) is 10.8 Å². The molecule has 0 spiro atoms. The van der Waals surface area contributed by atoms with Crippen LogP contribution >= 0.6 is 11.8 Å². The van der Waals surface area contributed by atoms with Crippen LogP contribution in [-0.2, 0) is 9.59 Å². The highest BCUT2D eigenvalue weighted by Gasteiger charge is 2.23. The maximum Gasteiger partial charge on any atom is 0.326 e. The Morgan fingerprint density at radius 3 is 2.44 bits per heavy atom. The summed E-state index contributed by atoms with van der Waals surface area (Å²) in [6.07, 6.45) is 0.982. The standard InChI is InChI=1S/C12H24N2O3S/c1-4-18-6-5-10(12(16)17)14-11(15)9(13)7-8(2)3/h8-10H,4-7,13H2,1-3H3,(H,14,15)(H,16,17)/t9-,10-/m0/s1. The first-order chi connectivity index (χ1) is 8.38. The van der Waals surface area contributed by atoms with Gasteiger partial charge in [-0.2, -0.15) is 11.8 Å². The van der Waals surface area contributed by atoms with Crippen molar-refractivity contribution < 1.29 is 14.7 Å². The zero-order chi connectivity index (χ0) is 14.1. The van der Waals surface area contributed by atoms with Gasteiger partial charge in [-0.25, -0.2) is 4.79 Å². The van der Waals surface area contributed by atoms with Gasteiger partial charge in [0, 0.05) is 0 Å². The van der Waals surface area contributed by atoms with Crippen LogP contribution < -0.4 is 11.1 Å². The summed E-state index contributed by atoms with van der Waals surface area (Å²) in [5.74, 6) is 0.583. The molecule has 5 nitrogen and oxygen atoms in total. The molecule has 0 radical (unpaired) electrons. The molecule has 2 atom stereocenters. The lowest BCUT2D eigenvalue weighted by Crippen LogP contribution is -2.49. The highest BCUT2D eigenvalue weighted by molar-refractivity contribution is 7.99. The molecule has 1 amide bonds. The zero-order valence-electron chi connectivity index (χ0n) is 11.3. The smallest absolute Gasteiger partial charge is 0.326 e. The van der Waals surface area contributed by atoms with Crippen molar-refractivity contribution in [2.75, 3.05) is 11.5 Å². The topological polar surface area (TPSA) is 92.4 Å². The molecular weight excluding hydrogens is 252 g/mol. The molecule has 0 rings (SSSR count). The molecule has 0 aromatic carbocycles. The first-order valence-electron chi connectivity index (χ1n) is 6.25. The SMILES string of the molecule is CCSCC[C@H](NC(=O)[C@@H](N)CC(C)C)C(=O)O. The maximum atomic E-state index is 11.7. The van der Waals surface area contributed by atoms with Crippen LogP contribution in [0, 0.1) is 5.92 Å². The number of carboxylic acid groups (broad SMARTS) is 1. The number of rotatable bonds is 9. The van der Waals surface area contributed by atoms with Crippen molar-refractivity contribution >= 4 is 23.6 Å². The summed E-state index contributed by atoms with van der Waals surface area (Å²) in [7, 11) is 0. The van der Waals surface area contributed by atoms with E-state index in [1.54, 1.807) is 11.8 Å². The predicted molar refractivity (Wildman–Crippen MR) is 74.6 cm³/mol. The Balaban J connectivity index is 4.22. The Labute approximate surface area is 113 Å². The fraction of sp³-hybridized carbons (Fsp3) is 0.833. The third-order valence-electron chi connectivity index (χ3n) is 2.43. The molecule has 0 aromatic heterocycles. The van der Waals surface area contributed by atoms with Crippen LogP contribution in [0.2, 0.25) is 0 Å². The molecule has 0 aliphatic carbocycles. The largest absolute Gasteiger partial charge is 0.480 e. The zero-order valence-corrected chi connectivity index (χ0v) is 12.1. The summed E-state index contributed by atoms with van der Waals surface area (Å²) >= 11 is 1.65. The Morgan fingerprint density at radius 2 is 2.00 bits per heavy atom. The molecular formula is C12H24N2O3S. The molecule has 0 aromatic rings. The third kappa shape index (κ3) is 7.55. The van der Waals surface area contributed by atoms with E-state index in [0.29, 0.717) is 24.5 Å². The molecule has 0 saturated carbocycles. The molecule has 106 valence electrons. The van der Waals surface area contributed by atoms with Gasteiger partial charge in [0.1, 0.15) is 6.04 Å². The lowest BCUT2D eigenvalue weighted by Gasteiger charge is -2.18. The summed E-state index contributed by atoms with van der Waals surface area (Å²) in [6.45, 7) is 5.96. The second kappa shape index (κ2) is 9.22. The highest BCUT2D eigenvalue weighted by atomic mass is 32.2. The van der Waals surface area contributed by atoms with Gasteiger partial charge in [0.15, 0.2) is 0 Å². The highest BCUT2D eigenvalue weighted by Crippen LogP contribution is 2.06. The second-order valence-electron chi connectivity index (χ2n) is 4.62. The molecule has 0 saturated heterocycles. The van der Waals surface area contributed by atoms with E-state index < -0.39 is 18.1 Å². The van der Waals surface area contributed by atoms with Gasteiger partial charge in [-0.15, -0.1) is 0 Å². The van der Waals surface area contributed by atoms with Gasteiger partial charge in [0.05, 0.1) is 6.04 Å². The number of aliphatic carboxylic acids is 1. The van der Waals surface area contributed by atoms with Crippen molar-refractivity contribution in [3.8, 4) is 0 Å². The number of carboxylic acids is 1. The number of nitrogens with one attached hydrogen (secondary N) is 1. The number of hydrogen-bond acceptors (Lipinski definition) is 4. The molecule has 0 aliphatic rings. The number of nitrogens with two attached hydrogens (primary N) is 1. The first kappa shape index (κ1) is 17.2. The third-order valence-corrected chi connectivity index (χ3v) is 3.36. The van der Waals surface area contributed by atoms with Gasteiger partial charge in [-0.05, 0) is 30.3 Å². The summed E-state index contributed by atoms with van der Waals surface area (Å²) < 4.78 is 0. The Hall–Kier alpha value is -0.750. The van der Waals surface area contributed by atoms with Gasteiger partial charge in [0.25, 0.3) is 0 Å². The Bertz CT molecular complexity index is 272. The fourth-order valence-corrected chi connectivity index (χ4v) is 2.19. The van der Waals surface area contributed by atoms with E-state index in [1.807, 2.05) is 20.8 Å². The van der Waals surface area contributed by atoms with E-state index in [0.717, 1.165) is 5.75 Å². The minimum Gasteiger partial charge on any atom is -0.480 e. The molecule has 0 bridgehead atoms. The van der Waals surface area contributed by atoms with Crippen molar-refractivity contribution in [1.29, 1.82) is 0 Å². The number of carbonyl (C=O) groups excluding carboxylic acids is 1. The van der Waals surface area contributed by atoms with Gasteiger partial charge >= 0.3 is 5.97 Å². The molecule has 0 heterocycles. The van der Waals surface area contributed by atoms with Gasteiger partial charge in [0.2, 0.25) is 5.91 Å². The summed E-state index contributed by atoms with van der Waals surface area (Å²) in [6, 6.07) is -1.47. The van der Waals surface area contributed by atoms with Crippen LogP contribution in [-0.4, -0.2) is 40.6 Å². The van der Waals surface area contributed by atoms with E-state index >= 15 is 0 Å². The quantitative estimate of drug-likeness (QED) is 0.548. The van der Waals surface area contributed by atoms with Crippen LogP contribution in [0.3, 0.4) is 0 Å². The Morgan fingerprint density at radius 1 is 1.39 bits per heavy atom. The minimum atomic E-state index is -1.00.